The molecule has 4 heteroatoms. The number of aliphatic hydroxyl groups excluding tert-OH is 1. The molecule has 25 heavy (non-hydrogen) atoms. The Hall–Kier alpha value is -1.88. The van der Waals surface area contributed by atoms with Gasteiger partial charge in [-0.3, -0.25) is 9.80 Å². The lowest BCUT2D eigenvalue weighted by Crippen LogP contribution is -2.53. The summed E-state index contributed by atoms with van der Waals surface area (Å²) < 4.78 is 0. The van der Waals surface area contributed by atoms with Crippen molar-refractivity contribution in [1.82, 2.24) is 9.80 Å². The van der Waals surface area contributed by atoms with Crippen LogP contribution in [0.3, 0.4) is 0 Å². The number of para-hydroxylation sites is 1. The van der Waals surface area contributed by atoms with Crippen LogP contribution in [-0.4, -0.2) is 66.3 Å². The molecular formula is C21H27N3O. The van der Waals surface area contributed by atoms with Crippen molar-refractivity contribution in [2.75, 3.05) is 44.2 Å². The van der Waals surface area contributed by atoms with Crippen LogP contribution in [0, 0.1) is 0 Å². The molecular weight excluding hydrogens is 310 g/mol. The van der Waals surface area contributed by atoms with E-state index in [9.17, 15) is 5.11 Å². The van der Waals surface area contributed by atoms with Gasteiger partial charge in [0.05, 0.1) is 6.10 Å². The molecule has 2 fully saturated rings. The highest BCUT2D eigenvalue weighted by Crippen LogP contribution is 2.22. The number of aliphatic hydroxyl groups is 1. The van der Waals surface area contributed by atoms with Crippen molar-refractivity contribution >= 4 is 5.69 Å². The molecule has 132 valence electrons. The summed E-state index contributed by atoms with van der Waals surface area (Å²) in [5.74, 6) is 0. The predicted octanol–water partition coefficient (Wildman–Crippen LogP) is 2.05. The van der Waals surface area contributed by atoms with Gasteiger partial charge in [0, 0.05) is 57.5 Å². The SMILES string of the molecule is O[C@@H]1CN(Cc2ccccc2)C[C@H]1N1CCN(c2ccccc2)CC1. The Morgan fingerprint density at radius 3 is 2.12 bits per heavy atom. The fourth-order valence-electron chi connectivity index (χ4n) is 4.13. The summed E-state index contributed by atoms with van der Waals surface area (Å²) in [4.78, 5) is 7.31. The van der Waals surface area contributed by atoms with Gasteiger partial charge in [-0.15, -0.1) is 0 Å². The predicted molar refractivity (Wildman–Crippen MR) is 102 cm³/mol. The highest BCUT2D eigenvalue weighted by atomic mass is 16.3. The maximum atomic E-state index is 10.6. The summed E-state index contributed by atoms with van der Waals surface area (Å²) in [6.45, 7) is 6.78. The van der Waals surface area contributed by atoms with E-state index >= 15 is 0 Å². The lowest BCUT2D eigenvalue weighted by Gasteiger charge is -2.39. The number of anilines is 1. The van der Waals surface area contributed by atoms with E-state index in [0.29, 0.717) is 0 Å². The third-order valence-corrected chi connectivity index (χ3v) is 5.49. The summed E-state index contributed by atoms with van der Waals surface area (Å²) in [6, 6.07) is 21.5. The molecule has 2 saturated heterocycles. The highest BCUT2D eigenvalue weighted by molar-refractivity contribution is 5.46. The summed E-state index contributed by atoms with van der Waals surface area (Å²) in [6.07, 6.45) is -0.244. The molecule has 0 saturated carbocycles. The van der Waals surface area contributed by atoms with Gasteiger partial charge >= 0.3 is 0 Å². The average molecular weight is 337 g/mol. The zero-order valence-electron chi connectivity index (χ0n) is 14.7. The summed E-state index contributed by atoms with van der Waals surface area (Å²) in [5, 5.41) is 10.6. The molecule has 0 aromatic heterocycles. The molecule has 0 aliphatic carbocycles. The van der Waals surface area contributed by atoms with Gasteiger partial charge in [-0.05, 0) is 17.7 Å². The van der Waals surface area contributed by atoms with E-state index < -0.39 is 0 Å². The largest absolute Gasteiger partial charge is 0.390 e. The van der Waals surface area contributed by atoms with E-state index in [1.54, 1.807) is 0 Å². The van der Waals surface area contributed by atoms with Gasteiger partial charge in [0.1, 0.15) is 0 Å². The van der Waals surface area contributed by atoms with Crippen LogP contribution in [0.5, 0.6) is 0 Å². The molecule has 0 spiro atoms. The van der Waals surface area contributed by atoms with Crippen molar-refractivity contribution in [3.63, 3.8) is 0 Å². The number of hydrogen-bond acceptors (Lipinski definition) is 4. The van der Waals surface area contributed by atoms with Crippen LogP contribution >= 0.6 is 0 Å². The standard InChI is InChI=1S/C21H27N3O/c25-21-17-22(15-18-7-3-1-4-8-18)16-20(21)24-13-11-23(12-14-24)19-9-5-2-6-10-19/h1-10,20-21,25H,11-17H2/t20-,21-/m1/s1. The minimum Gasteiger partial charge on any atom is -0.390 e. The Labute approximate surface area is 150 Å². The maximum absolute atomic E-state index is 10.6. The lowest BCUT2D eigenvalue weighted by atomic mass is 10.1. The van der Waals surface area contributed by atoms with Gasteiger partial charge in [-0.1, -0.05) is 48.5 Å². The van der Waals surface area contributed by atoms with E-state index in [1.165, 1.54) is 11.3 Å². The topological polar surface area (TPSA) is 30.0 Å². The van der Waals surface area contributed by atoms with Crippen LogP contribution in [0.25, 0.3) is 0 Å². The molecule has 2 aromatic carbocycles. The fourth-order valence-corrected chi connectivity index (χ4v) is 4.13. The van der Waals surface area contributed by atoms with E-state index in [-0.39, 0.29) is 12.1 Å². The van der Waals surface area contributed by atoms with Crippen LogP contribution in [0.1, 0.15) is 5.56 Å². The number of benzene rings is 2. The van der Waals surface area contributed by atoms with Crippen molar-refractivity contribution in [3.8, 4) is 0 Å². The molecule has 0 amide bonds. The molecule has 2 heterocycles. The van der Waals surface area contributed by atoms with Gasteiger partial charge in [0.15, 0.2) is 0 Å². The molecule has 2 aromatic rings. The van der Waals surface area contributed by atoms with Crippen molar-refractivity contribution in [2.45, 2.75) is 18.7 Å². The second-order valence-corrected chi connectivity index (χ2v) is 7.17. The molecule has 2 atom stereocenters. The summed E-state index contributed by atoms with van der Waals surface area (Å²) >= 11 is 0. The highest BCUT2D eigenvalue weighted by Gasteiger charge is 2.36. The Kier molecular flexibility index (Phi) is 5.02. The zero-order valence-corrected chi connectivity index (χ0v) is 14.7. The van der Waals surface area contributed by atoms with Gasteiger partial charge in [-0.2, -0.15) is 0 Å². The monoisotopic (exact) mass is 337 g/mol. The number of likely N-dealkylation sites (tertiary alicyclic amines) is 1. The normalized spacial score (nSPS) is 25.4. The molecule has 1 N–H and O–H groups in total. The Bertz CT molecular complexity index is 655. The minimum absolute atomic E-state index is 0.244. The second kappa shape index (κ2) is 7.56. The molecule has 4 nitrogen and oxygen atoms in total. The Balaban J connectivity index is 1.32. The van der Waals surface area contributed by atoms with Crippen molar-refractivity contribution in [3.05, 3.63) is 66.2 Å². The third-order valence-electron chi connectivity index (χ3n) is 5.49. The van der Waals surface area contributed by atoms with E-state index in [0.717, 1.165) is 45.8 Å². The molecule has 0 bridgehead atoms. The fraction of sp³-hybridized carbons (Fsp3) is 0.429. The Morgan fingerprint density at radius 2 is 1.44 bits per heavy atom. The lowest BCUT2D eigenvalue weighted by molar-refractivity contribution is 0.0791. The van der Waals surface area contributed by atoms with E-state index in [1.807, 2.05) is 0 Å². The second-order valence-electron chi connectivity index (χ2n) is 7.17. The maximum Gasteiger partial charge on any atom is 0.0834 e. The summed E-state index contributed by atoms with van der Waals surface area (Å²) in [5.41, 5.74) is 2.63. The number of piperazine rings is 1. The van der Waals surface area contributed by atoms with Gasteiger partial charge in [-0.25, -0.2) is 0 Å². The number of β-amino-alcohol motifs (C(OH)–C–C–N with tert-alkyl or cyclic N) is 1. The molecule has 4 rings (SSSR count). The minimum atomic E-state index is -0.244. The zero-order chi connectivity index (χ0) is 17.1. The van der Waals surface area contributed by atoms with E-state index in [4.69, 9.17) is 0 Å². The Morgan fingerprint density at radius 1 is 0.800 bits per heavy atom. The quantitative estimate of drug-likeness (QED) is 0.925. The number of nitrogens with zero attached hydrogens (tertiary/aromatic N) is 3. The van der Waals surface area contributed by atoms with Gasteiger partial charge < -0.3 is 10.0 Å². The van der Waals surface area contributed by atoms with Crippen molar-refractivity contribution in [1.29, 1.82) is 0 Å². The van der Waals surface area contributed by atoms with Crippen LogP contribution in [0.2, 0.25) is 0 Å². The van der Waals surface area contributed by atoms with Crippen LogP contribution in [0.15, 0.2) is 60.7 Å². The molecule has 2 aliphatic rings. The molecule has 2 aliphatic heterocycles. The van der Waals surface area contributed by atoms with Gasteiger partial charge in [0.2, 0.25) is 0 Å². The van der Waals surface area contributed by atoms with Crippen molar-refractivity contribution in [2.24, 2.45) is 0 Å². The first-order chi connectivity index (χ1) is 12.3. The number of rotatable bonds is 4. The van der Waals surface area contributed by atoms with Gasteiger partial charge in [0.25, 0.3) is 0 Å². The van der Waals surface area contributed by atoms with E-state index in [2.05, 4.69) is 75.4 Å². The number of hydrogen-bond donors (Lipinski definition) is 1. The van der Waals surface area contributed by atoms with Crippen LogP contribution in [0.4, 0.5) is 5.69 Å². The summed E-state index contributed by atoms with van der Waals surface area (Å²) in [7, 11) is 0. The third kappa shape index (κ3) is 3.87. The van der Waals surface area contributed by atoms with Crippen LogP contribution in [-0.2, 0) is 6.54 Å². The smallest absolute Gasteiger partial charge is 0.0834 e. The first kappa shape index (κ1) is 16.6. The average Bonchev–Trinajstić information content (AvgIpc) is 3.03. The molecule has 0 unspecified atom stereocenters. The first-order valence-corrected chi connectivity index (χ1v) is 9.28. The molecule has 0 radical (unpaired) electrons. The first-order valence-electron chi connectivity index (χ1n) is 9.28. The van der Waals surface area contributed by atoms with Crippen LogP contribution < -0.4 is 4.90 Å². The van der Waals surface area contributed by atoms with Crippen molar-refractivity contribution < 1.29 is 5.11 Å².